The minimum atomic E-state index is -0.241. The topological polar surface area (TPSA) is 51.2 Å². The minimum Gasteiger partial charge on any atom is -0.378 e. The Kier molecular flexibility index (Phi) is 5.35. The lowest BCUT2D eigenvalue weighted by atomic mass is 10.1. The molecule has 6 heteroatoms. The highest BCUT2D eigenvalue weighted by atomic mass is 32.1. The Morgan fingerprint density at radius 2 is 2.39 bits per heavy atom. The van der Waals surface area contributed by atoms with E-state index in [9.17, 15) is 9.18 Å². The molecule has 1 aromatic heterocycles. The number of benzene rings is 1. The van der Waals surface area contributed by atoms with Gasteiger partial charge in [0.15, 0.2) is 5.13 Å². The fourth-order valence-corrected chi connectivity index (χ4v) is 3.50. The van der Waals surface area contributed by atoms with Gasteiger partial charge in [-0.15, -0.1) is 11.3 Å². The fraction of sp³-hybridized carbons (Fsp3) is 0.412. The second-order valence-corrected chi connectivity index (χ2v) is 6.78. The maximum absolute atomic E-state index is 13.2. The van der Waals surface area contributed by atoms with Gasteiger partial charge in [-0.1, -0.05) is 12.1 Å². The largest absolute Gasteiger partial charge is 0.378 e. The van der Waals surface area contributed by atoms with Gasteiger partial charge in [0.2, 0.25) is 5.91 Å². The highest BCUT2D eigenvalue weighted by Gasteiger charge is 2.17. The zero-order chi connectivity index (χ0) is 16.1. The van der Waals surface area contributed by atoms with E-state index < -0.39 is 0 Å². The van der Waals surface area contributed by atoms with Crippen LogP contribution < -0.4 is 5.32 Å². The molecule has 0 saturated carbocycles. The molecule has 0 bridgehead atoms. The van der Waals surface area contributed by atoms with E-state index in [4.69, 9.17) is 4.74 Å². The Morgan fingerprint density at radius 3 is 3.17 bits per heavy atom. The normalized spacial score (nSPS) is 17.3. The van der Waals surface area contributed by atoms with Crippen LogP contribution in [0.1, 0.15) is 36.1 Å². The van der Waals surface area contributed by atoms with Crippen molar-refractivity contribution >= 4 is 22.4 Å². The number of halogens is 1. The molecule has 1 atom stereocenters. The third kappa shape index (κ3) is 4.84. The molecule has 4 nitrogen and oxygen atoms in total. The molecule has 1 amide bonds. The molecule has 122 valence electrons. The van der Waals surface area contributed by atoms with Crippen LogP contribution in [-0.4, -0.2) is 23.6 Å². The number of anilines is 1. The summed E-state index contributed by atoms with van der Waals surface area (Å²) in [6.07, 6.45) is 5.90. The van der Waals surface area contributed by atoms with Gasteiger partial charge >= 0.3 is 0 Å². The molecule has 23 heavy (non-hydrogen) atoms. The standard InChI is InChI=1S/C17H19FN2O2S/c18-13-4-1-3-12(9-13)10-15-11-19-17(23-15)20-16(21)7-6-14-5-2-8-22-14/h1,3-4,9,11,14H,2,5-8,10H2,(H,19,20,21). The van der Waals surface area contributed by atoms with Crippen molar-refractivity contribution in [2.75, 3.05) is 11.9 Å². The van der Waals surface area contributed by atoms with E-state index in [2.05, 4.69) is 10.3 Å². The molecule has 1 fully saturated rings. The lowest BCUT2D eigenvalue weighted by molar-refractivity contribution is -0.116. The number of ether oxygens (including phenoxy) is 1. The van der Waals surface area contributed by atoms with Gasteiger partial charge in [-0.2, -0.15) is 0 Å². The molecule has 1 unspecified atom stereocenters. The summed E-state index contributed by atoms with van der Waals surface area (Å²) in [5.74, 6) is -0.276. The number of rotatable bonds is 6. The maximum atomic E-state index is 13.2. The molecule has 1 saturated heterocycles. The molecular weight excluding hydrogens is 315 g/mol. The van der Waals surface area contributed by atoms with Crippen LogP contribution in [0, 0.1) is 5.82 Å². The van der Waals surface area contributed by atoms with Crippen LogP contribution in [0.2, 0.25) is 0 Å². The highest BCUT2D eigenvalue weighted by Crippen LogP contribution is 2.22. The van der Waals surface area contributed by atoms with Crippen molar-refractivity contribution in [1.82, 2.24) is 4.98 Å². The number of amides is 1. The summed E-state index contributed by atoms with van der Waals surface area (Å²) in [5, 5.41) is 3.41. The first-order valence-corrected chi connectivity index (χ1v) is 8.61. The second-order valence-electron chi connectivity index (χ2n) is 5.66. The number of hydrogen-bond donors (Lipinski definition) is 1. The van der Waals surface area contributed by atoms with Crippen LogP contribution >= 0.6 is 11.3 Å². The summed E-state index contributed by atoms with van der Waals surface area (Å²) in [6, 6.07) is 6.51. The quantitative estimate of drug-likeness (QED) is 0.875. The summed E-state index contributed by atoms with van der Waals surface area (Å²) < 4.78 is 18.7. The number of thiazole rings is 1. The summed E-state index contributed by atoms with van der Waals surface area (Å²) in [4.78, 5) is 17.1. The van der Waals surface area contributed by atoms with Gasteiger partial charge in [-0.3, -0.25) is 4.79 Å². The average Bonchev–Trinajstić information content (AvgIpc) is 3.17. The lowest BCUT2D eigenvalue weighted by Gasteiger charge is -2.07. The van der Waals surface area contributed by atoms with E-state index in [1.165, 1.54) is 23.5 Å². The molecule has 1 N–H and O–H groups in total. The van der Waals surface area contributed by atoms with Crippen molar-refractivity contribution in [3.63, 3.8) is 0 Å². The van der Waals surface area contributed by atoms with E-state index >= 15 is 0 Å². The van der Waals surface area contributed by atoms with Crippen molar-refractivity contribution in [2.24, 2.45) is 0 Å². The lowest BCUT2D eigenvalue weighted by Crippen LogP contribution is -2.15. The van der Waals surface area contributed by atoms with Crippen molar-refractivity contribution < 1.29 is 13.9 Å². The molecule has 2 heterocycles. The Morgan fingerprint density at radius 1 is 1.48 bits per heavy atom. The molecule has 0 aliphatic carbocycles. The summed E-state index contributed by atoms with van der Waals surface area (Å²) in [7, 11) is 0. The van der Waals surface area contributed by atoms with Gasteiger partial charge in [-0.25, -0.2) is 9.37 Å². The monoisotopic (exact) mass is 334 g/mol. The van der Waals surface area contributed by atoms with E-state index in [0.717, 1.165) is 36.3 Å². The first-order valence-electron chi connectivity index (χ1n) is 7.79. The molecule has 1 aliphatic heterocycles. The predicted molar refractivity (Wildman–Crippen MR) is 88.2 cm³/mol. The van der Waals surface area contributed by atoms with Gasteiger partial charge in [-0.05, 0) is 37.0 Å². The fourth-order valence-electron chi connectivity index (χ4n) is 2.64. The summed E-state index contributed by atoms with van der Waals surface area (Å²) in [6.45, 7) is 0.808. The second kappa shape index (κ2) is 7.66. The van der Waals surface area contributed by atoms with Crippen LogP contribution in [0.4, 0.5) is 9.52 Å². The van der Waals surface area contributed by atoms with Gasteiger partial charge in [0.05, 0.1) is 6.10 Å². The number of carbonyl (C=O) groups excluding carboxylic acids is 1. The SMILES string of the molecule is O=C(CCC1CCCO1)Nc1ncc(Cc2cccc(F)c2)s1. The molecular formula is C17H19FN2O2S. The minimum absolute atomic E-state index is 0.0350. The van der Waals surface area contributed by atoms with Crippen LogP contribution in [0.5, 0.6) is 0 Å². The Hall–Kier alpha value is -1.79. The van der Waals surface area contributed by atoms with Crippen LogP contribution in [0.25, 0.3) is 0 Å². The third-order valence-corrected chi connectivity index (χ3v) is 4.70. The van der Waals surface area contributed by atoms with Gasteiger partial charge in [0.25, 0.3) is 0 Å². The molecule has 3 rings (SSSR count). The third-order valence-electron chi connectivity index (χ3n) is 3.78. The van der Waals surface area contributed by atoms with Gasteiger partial charge in [0.1, 0.15) is 5.82 Å². The smallest absolute Gasteiger partial charge is 0.226 e. The molecule has 0 spiro atoms. The number of carbonyl (C=O) groups is 1. The average molecular weight is 334 g/mol. The van der Waals surface area contributed by atoms with Crippen molar-refractivity contribution in [3.05, 3.63) is 46.7 Å². The Balaban J connectivity index is 1.49. The maximum Gasteiger partial charge on any atom is 0.226 e. The number of nitrogens with one attached hydrogen (secondary N) is 1. The molecule has 1 aliphatic rings. The van der Waals surface area contributed by atoms with E-state index in [0.29, 0.717) is 18.0 Å². The molecule has 2 aromatic rings. The predicted octanol–water partition coefficient (Wildman–Crippen LogP) is 3.77. The van der Waals surface area contributed by atoms with Crippen LogP contribution in [0.15, 0.2) is 30.5 Å². The zero-order valence-corrected chi connectivity index (χ0v) is 13.6. The number of aromatic nitrogens is 1. The first-order chi connectivity index (χ1) is 11.2. The number of nitrogens with zero attached hydrogens (tertiary/aromatic N) is 1. The summed E-state index contributed by atoms with van der Waals surface area (Å²) >= 11 is 1.42. The zero-order valence-electron chi connectivity index (χ0n) is 12.8. The van der Waals surface area contributed by atoms with E-state index in [-0.39, 0.29) is 17.8 Å². The Labute approximate surface area is 138 Å². The van der Waals surface area contributed by atoms with Crippen molar-refractivity contribution in [3.8, 4) is 0 Å². The molecule has 0 radical (unpaired) electrons. The first kappa shape index (κ1) is 16.1. The van der Waals surface area contributed by atoms with E-state index in [1.807, 2.05) is 6.07 Å². The van der Waals surface area contributed by atoms with Gasteiger partial charge < -0.3 is 10.1 Å². The van der Waals surface area contributed by atoms with Crippen molar-refractivity contribution in [2.45, 2.75) is 38.2 Å². The molecule has 1 aromatic carbocycles. The Bertz CT molecular complexity index is 668. The van der Waals surface area contributed by atoms with Crippen LogP contribution in [-0.2, 0) is 16.0 Å². The van der Waals surface area contributed by atoms with Crippen LogP contribution in [0.3, 0.4) is 0 Å². The van der Waals surface area contributed by atoms with Gasteiger partial charge in [0, 0.05) is 30.5 Å². The highest BCUT2D eigenvalue weighted by molar-refractivity contribution is 7.15. The number of hydrogen-bond acceptors (Lipinski definition) is 4. The van der Waals surface area contributed by atoms with Crippen molar-refractivity contribution in [1.29, 1.82) is 0 Å². The van der Waals surface area contributed by atoms with E-state index in [1.54, 1.807) is 12.3 Å². The summed E-state index contributed by atoms with van der Waals surface area (Å²) in [5.41, 5.74) is 0.893.